The number of carbonyl (C=O) groups is 1. The highest BCUT2D eigenvalue weighted by molar-refractivity contribution is 7.93. The third-order valence-electron chi connectivity index (χ3n) is 5.05. The summed E-state index contributed by atoms with van der Waals surface area (Å²) in [4.78, 5) is 12.2. The molecule has 0 bridgehead atoms. The molecule has 1 heterocycles. The maximum Gasteiger partial charge on any atom is 0.244 e. The van der Waals surface area contributed by atoms with Gasteiger partial charge in [0.25, 0.3) is 0 Å². The molecule has 0 aromatic heterocycles. The monoisotopic (exact) mass is 448 g/mol. The fourth-order valence-electron chi connectivity index (χ4n) is 3.44. The number of benzene rings is 3. The molecule has 1 saturated heterocycles. The van der Waals surface area contributed by atoms with Crippen LogP contribution in [-0.4, -0.2) is 26.6 Å². The zero-order valence-corrected chi connectivity index (χ0v) is 18.3. The number of nitrogens with one attached hydrogen (secondary N) is 1. The van der Waals surface area contributed by atoms with Crippen LogP contribution in [0.5, 0.6) is 11.5 Å². The lowest BCUT2D eigenvalue weighted by atomic mass is 10.2. The predicted molar refractivity (Wildman–Crippen MR) is 126 cm³/mol. The number of para-hydroxylation sites is 1. The molecule has 1 aliphatic rings. The Morgan fingerprint density at radius 2 is 1.72 bits per heavy atom. The van der Waals surface area contributed by atoms with Gasteiger partial charge in [-0.1, -0.05) is 42.5 Å². The summed E-state index contributed by atoms with van der Waals surface area (Å²) >= 11 is 0. The third kappa shape index (κ3) is 5.56. The molecule has 3 aromatic rings. The van der Waals surface area contributed by atoms with Crippen LogP contribution >= 0.6 is 0 Å². The highest BCUT2D eigenvalue weighted by atomic mass is 32.2. The molecule has 0 radical (unpaired) electrons. The van der Waals surface area contributed by atoms with Gasteiger partial charge < -0.3 is 10.1 Å². The van der Waals surface area contributed by atoms with Gasteiger partial charge in [-0.3, -0.25) is 9.10 Å². The lowest BCUT2D eigenvalue weighted by Gasteiger charge is -2.16. The van der Waals surface area contributed by atoms with Gasteiger partial charge in [0.1, 0.15) is 11.5 Å². The minimum Gasteiger partial charge on any atom is -0.457 e. The van der Waals surface area contributed by atoms with Crippen LogP contribution < -0.4 is 14.4 Å². The number of rotatable bonds is 7. The zero-order chi connectivity index (χ0) is 22.4. The van der Waals surface area contributed by atoms with Crippen LogP contribution in [-0.2, 0) is 21.4 Å². The highest BCUT2D eigenvalue weighted by Crippen LogP contribution is 2.24. The number of hydrogen-bond acceptors (Lipinski definition) is 4. The molecule has 0 unspecified atom stereocenters. The lowest BCUT2D eigenvalue weighted by molar-refractivity contribution is -0.116. The Balaban J connectivity index is 1.31. The molecule has 1 amide bonds. The van der Waals surface area contributed by atoms with Crippen molar-refractivity contribution in [1.82, 2.24) is 5.32 Å². The van der Waals surface area contributed by atoms with Gasteiger partial charge in [-0.25, -0.2) is 8.42 Å². The van der Waals surface area contributed by atoms with Gasteiger partial charge in [-0.05, 0) is 60.0 Å². The summed E-state index contributed by atoms with van der Waals surface area (Å²) in [6.45, 7) is 0.887. The first-order valence-corrected chi connectivity index (χ1v) is 12.0. The fraction of sp³-hybridized carbons (Fsp3) is 0.160. The molecule has 0 spiro atoms. The van der Waals surface area contributed by atoms with Gasteiger partial charge in [0.15, 0.2) is 0 Å². The average Bonchev–Trinajstić information content (AvgIpc) is 3.16. The summed E-state index contributed by atoms with van der Waals surface area (Å²) in [5, 5.41) is 2.86. The molecule has 6 nitrogen and oxygen atoms in total. The molecule has 0 atom stereocenters. The van der Waals surface area contributed by atoms with E-state index in [1.165, 1.54) is 10.4 Å². The average molecular weight is 449 g/mol. The molecule has 0 aliphatic carbocycles. The van der Waals surface area contributed by atoms with Crippen molar-refractivity contribution in [2.45, 2.75) is 13.0 Å². The van der Waals surface area contributed by atoms with Gasteiger partial charge in [-0.15, -0.1) is 0 Å². The smallest absolute Gasteiger partial charge is 0.244 e. The topological polar surface area (TPSA) is 75.7 Å². The largest absolute Gasteiger partial charge is 0.457 e. The Kier molecular flexibility index (Phi) is 6.56. The van der Waals surface area contributed by atoms with Crippen LogP contribution in [0.25, 0.3) is 6.08 Å². The van der Waals surface area contributed by atoms with Crippen LogP contribution in [0.2, 0.25) is 0 Å². The van der Waals surface area contributed by atoms with Crippen LogP contribution in [0.4, 0.5) is 5.69 Å². The van der Waals surface area contributed by atoms with Gasteiger partial charge in [0.05, 0.1) is 11.4 Å². The first-order valence-electron chi connectivity index (χ1n) is 10.4. The van der Waals surface area contributed by atoms with E-state index in [2.05, 4.69) is 5.32 Å². The van der Waals surface area contributed by atoms with E-state index in [1.54, 1.807) is 30.3 Å². The first-order chi connectivity index (χ1) is 15.5. The second-order valence-corrected chi connectivity index (χ2v) is 9.46. The minimum atomic E-state index is -3.19. The molecule has 164 valence electrons. The van der Waals surface area contributed by atoms with Crippen molar-refractivity contribution < 1.29 is 17.9 Å². The summed E-state index contributed by atoms with van der Waals surface area (Å²) in [5.74, 6) is 1.44. The number of anilines is 1. The number of ether oxygens (including phenoxy) is 1. The van der Waals surface area contributed by atoms with E-state index in [0.717, 1.165) is 16.9 Å². The summed E-state index contributed by atoms with van der Waals surface area (Å²) in [6.07, 6.45) is 3.81. The molecule has 32 heavy (non-hydrogen) atoms. The molecule has 4 rings (SSSR count). The van der Waals surface area contributed by atoms with Crippen LogP contribution in [0, 0.1) is 0 Å². The Hall–Kier alpha value is -3.58. The van der Waals surface area contributed by atoms with Crippen molar-refractivity contribution in [1.29, 1.82) is 0 Å². The molecule has 3 aromatic carbocycles. The second kappa shape index (κ2) is 9.70. The zero-order valence-electron chi connectivity index (χ0n) is 17.5. The number of nitrogens with zero attached hydrogens (tertiary/aromatic N) is 1. The van der Waals surface area contributed by atoms with Crippen molar-refractivity contribution in [3.8, 4) is 11.5 Å². The van der Waals surface area contributed by atoms with Gasteiger partial charge >= 0.3 is 0 Å². The maximum absolute atomic E-state index is 12.2. The van der Waals surface area contributed by atoms with Crippen molar-refractivity contribution in [2.24, 2.45) is 0 Å². The predicted octanol–water partition coefficient (Wildman–Crippen LogP) is 4.35. The molecule has 7 heteroatoms. The Morgan fingerprint density at radius 1 is 0.969 bits per heavy atom. The van der Waals surface area contributed by atoms with Gasteiger partial charge in [0.2, 0.25) is 15.9 Å². The maximum atomic E-state index is 12.2. The Morgan fingerprint density at radius 3 is 2.44 bits per heavy atom. The number of amides is 1. The van der Waals surface area contributed by atoms with E-state index >= 15 is 0 Å². The lowest BCUT2D eigenvalue weighted by Crippen LogP contribution is -2.24. The van der Waals surface area contributed by atoms with Gasteiger partial charge in [0, 0.05) is 19.2 Å². The molecule has 0 saturated carbocycles. The highest BCUT2D eigenvalue weighted by Gasteiger charge is 2.28. The quantitative estimate of drug-likeness (QED) is 0.546. The summed E-state index contributed by atoms with van der Waals surface area (Å²) in [5.41, 5.74) is 2.40. The molecular formula is C25H24N2O4S. The summed E-state index contributed by atoms with van der Waals surface area (Å²) in [7, 11) is -3.19. The standard InChI is InChI=1S/C25H24N2O4S/c28-25(15-12-20-10-13-22(14-11-20)27-16-5-17-32(27,29)30)26-19-21-6-4-9-24(18-21)31-23-7-2-1-3-8-23/h1-4,6-15,18H,5,16-17,19H2,(H,26,28)/b15-12+. The van der Waals surface area contributed by atoms with Crippen molar-refractivity contribution in [2.75, 3.05) is 16.6 Å². The Labute approximate surface area is 188 Å². The van der Waals surface area contributed by atoms with Crippen LogP contribution in [0.3, 0.4) is 0 Å². The molecule has 1 N–H and O–H groups in total. The van der Waals surface area contributed by atoms with E-state index in [1.807, 2.05) is 54.6 Å². The number of sulfonamides is 1. The van der Waals surface area contributed by atoms with Gasteiger partial charge in [-0.2, -0.15) is 0 Å². The Bertz CT molecular complexity index is 1210. The van der Waals surface area contributed by atoms with E-state index < -0.39 is 10.0 Å². The van der Waals surface area contributed by atoms with Crippen molar-refractivity contribution in [3.63, 3.8) is 0 Å². The molecule has 1 fully saturated rings. The minimum absolute atomic E-state index is 0.191. The van der Waals surface area contributed by atoms with Crippen LogP contribution in [0.15, 0.2) is 84.9 Å². The van der Waals surface area contributed by atoms with Crippen molar-refractivity contribution >= 4 is 27.7 Å². The van der Waals surface area contributed by atoms with E-state index in [-0.39, 0.29) is 11.7 Å². The first kappa shape index (κ1) is 21.6. The normalized spacial score (nSPS) is 15.1. The van der Waals surface area contributed by atoms with E-state index in [0.29, 0.717) is 30.9 Å². The van der Waals surface area contributed by atoms with E-state index in [9.17, 15) is 13.2 Å². The molecular weight excluding hydrogens is 424 g/mol. The summed E-state index contributed by atoms with van der Waals surface area (Å²) in [6, 6.07) is 24.2. The SMILES string of the molecule is O=C(/C=C/c1ccc(N2CCCS2(=O)=O)cc1)NCc1cccc(Oc2ccccc2)c1. The van der Waals surface area contributed by atoms with E-state index in [4.69, 9.17) is 4.74 Å². The third-order valence-corrected chi connectivity index (χ3v) is 6.92. The summed E-state index contributed by atoms with van der Waals surface area (Å²) < 4.78 is 31.3. The second-order valence-electron chi connectivity index (χ2n) is 7.45. The molecule has 1 aliphatic heterocycles. The fourth-order valence-corrected chi connectivity index (χ4v) is 5.01. The number of hydrogen-bond donors (Lipinski definition) is 1. The van der Waals surface area contributed by atoms with Crippen LogP contribution in [0.1, 0.15) is 17.5 Å². The van der Waals surface area contributed by atoms with Crippen molar-refractivity contribution in [3.05, 3.63) is 96.1 Å². The number of carbonyl (C=O) groups excluding carboxylic acids is 1.